The van der Waals surface area contributed by atoms with Gasteiger partial charge in [0.15, 0.2) is 0 Å². The zero-order chi connectivity index (χ0) is 18.5. The Morgan fingerprint density at radius 2 is 1.62 bits per heavy atom. The average molecular weight is 348 g/mol. The van der Waals surface area contributed by atoms with Gasteiger partial charge in [-0.2, -0.15) is 19.9 Å². The third-order valence-corrected chi connectivity index (χ3v) is 4.74. The highest BCUT2D eigenvalue weighted by Crippen LogP contribution is 2.27. The van der Waals surface area contributed by atoms with E-state index >= 15 is 0 Å². The topological polar surface area (TPSA) is 60.4 Å². The lowest BCUT2D eigenvalue weighted by atomic mass is 9.84. The summed E-state index contributed by atoms with van der Waals surface area (Å²) < 4.78 is 3.57. The highest BCUT2D eigenvalue weighted by Gasteiger charge is 2.26. The van der Waals surface area contributed by atoms with Gasteiger partial charge in [0, 0.05) is 23.4 Å². The first kappa shape index (κ1) is 16.7. The Morgan fingerprint density at radius 3 is 2.35 bits per heavy atom. The quantitative estimate of drug-likeness (QED) is 0.568. The van der Waals surface area contributed by atoms with E-state index in [2.05, 4.69) is 74.1 Å². The standard InChI is InChI=1S/C20H24N6/c1-19(2,3)17-11-16-7-6-14(22-26(16)24-17)12-20(4,5)18-10-15-8-9-21-13-25(15)23-18/h6-11,13H,12H2,1-5H3. The lowest BCUT2D eigenvalue weighted by Crippen LogP contribution is -2.22. The predicted octanol–water partition coefficient (Wildman–Crippen LogP) is 3.59. The fraction of sp³-hybridized carbons (Fsp3) is 0.400. The zero-order valence-corrected chi connectivity index (χ0v) is 15.9. The summed E-state index contributed by atoms with van der Waals surface area (Å²) in [6.45, 7) is 10.9. The molecule has 0 unspecified atom stereocenters. The molecule has 4 rings (SSSR count). The molecule has 0 amide bonds. The summed E-state index contributed by atoms with van der Waals surface area (Å²) in [4.78, 5) is 4.12. The van der Waals surface area contributed by atoms with Crippen molar-refractivity contribution in [1.29, 1.82) is 0 Å². The van der Waals surface area contributed by atoms with Gasteiger partial charge in [-0.05, 0) is 30.3 Å². The normalized spacial score (nSPS) is 13.0. The first-order valence-corrected chi connectivity index (χ1v) is 8.89. The van der Waals surface area contributed by atoms with Crippen LogP contribution in [0.5, 0.6) is 0 Å². The monoisotopic (exact) mass is 348 g/mol. The Balaban J connectivity index is 1.66. The minimum Gasteiger partial charge on any atom is -0.245 e. The van der Waals surface area contributed by atoms with Gasteiger partial charge in [0.2, 0.25) is 0 Å². The molecule has 0 bridgehead atoms. The minimum absolute atomic E-state index is 0.0116. The maximum absolute atomic E-state index is 4.73. The number of hydrogen-bond donors (Lipinski definition) is 0. The molecule has 0 aliphatic heterocycles. The van der Waals surface area contributed by atoms with E-state index in [1.807, 2.05) is 10.6 Å². The molecule has 4 heterocycles. The van der Waals surface area contributed by atoms with E-state index < -0.39 is 0 Å². The van der Waals surface area contributed by atoms with Crippen LogP contribution in [0, 0.1) is 0 Å². The zero-order valence-electron chi connectivity index (χ0n) is 15.9. The third-order valence-electron chi connectivity index (χ3n) is 4.74. The van der Waals surface area contributed by atoms with Crippen LogP contribution in [-0.4, -0.2) is 29.4 Å². The Morgan fingerprint density at radius 1 is 0.846 bits per heavy atom. The van der Waals surface area contributed by atoms with Crippen molar-refractivity contribution in [3.05, 3.63) is 59.9 Å². The summed E-state index contributed by atoms with van der Waals surface area (Å²) >= 11 is 0. The third kappa shape index (κ3) is 2.96. The molecular weight excluding hydrogens is 324 g/mol. The molecule has 0 saturated heterocycles. The van der Waals surface area contributed by atoms with Crippen LogP contribution in [0.3, 0.4) is 0 Å². The molecule has 0 aromatic carbocycles. The van der Waals surface area contributed by atoms with Gasteiger partial charge in [-0.15, -0.1) is 0 Å². The van der Waals surface area contributed by atoms with Crippen LogP contribution in [-0.2, 0) is 17.3 Å². The second kappa shape index (κ2) is 5.62. The maximum Gasteiger partial charge on any atom is 0.117 e. The van der Waals surface area contributed by atoms with E-state index in [4.69, 9.17) is 5.10 Å². The van der Waals surface area contributed by atoms with E-state index in [1.165, 1.54) is 0 Å². The molecule has 0 N–H and O–H groups in total. The van der Waals surface area contributed by atoms with Crippen molar-refractivity contribution in [2.75, 3.05) is 0 Å². The van der Waals surface area contributed by atoms with Crippen LogP contribution in [0.25, 0.3) is 11.0 Å². The lowest BCUT2D eigenvalue weighted by molar-refractivity contribution is 0.487. The van der Waals surface area contributed by atoms with Crippen LogP contribution in [0.1, 0.15) is 51.7 Å². The van der Waals surface area contributed by atoms with Gasteiger partial charge in [0.1, 0.15) is 6.33 Å². The molecule has 4 aromatic rings. The maximum atomic E-state index is 4.73. The van der Waals surface area contributed by atoms with Crippen LogP contribution in [0.4, 0.5) is 0 Å². The Bertz CT molecular complexity index is 1050. The van der Waals surface area contributed by atoms with Crippen LogP contribution >= 0.6 is 0 Å². The molecule has 0 radical (unpaired) electrons. The van der Waals surface area contributed by atoms with Gasteiger partial charge >= 0.3 is 0 Å². The minimum atomic E-state index is -0.146. The lowest BCUT2D eigenvalue weighted by Gasteiger charge is -2.21. The number of aromatic nitrogens is 6. The molecule has 0 saturated carbocycles. The Hall–Kier alpha value is -2.76. The highest BCUT2D eigenvalue weighted by molar-refractivity contribution is 5.49. The van der Waals surface area contributed by atoms with E-state index in [0.717, 1.165) is 34.5 Å². The van der Waals surface area contributed by atoms with Gasteiger partial charge in [-0.1, -0.05) is 34.6 Å². The first-order valence-electron chi connectivity index (χ1n) is 8.89. The van der Waals surface area contributed by atoms with Crippen molar-refractivity contribution in [3.63, 3.8) is 0 Å². The second-order valence-corrected chi connectivity index (χ2v) is 8.56. The first-order chi connectivity index (χ1) is 12.2. The van der Waals surface area contributed by atoms with Gasteiger partial charge in [-0.25, -0.2) is 9.50 Å². The smallest absolute Gasteiger partial charge is 0.117 e. The summed E-state index contributed by atoms with van der Waals surface area (Å²) in [5, 5.41) is 14.1. The van der Waals surface area contributed by atoms with Gasteiger partial charge < -0.3 is 0 Å². The molecule has 0 spiro atoms. The van der Waals surface area contributed by atoms with Crippen molar-refractivity contribution in [2.24, 2.45) is 0 Å². The largest absolute Gasteiger partial charge is 0.245 e. The van der Waals surface area contributed by atoms with Crippen LogP contribution < -0.4 is 0 Å². The molecule has 0 aliphatic rings. The predicted molar refractivity (Wildman–Crippen MR) is 101 cm³/mol. The van der Waals surface area contributed by atoms with Crippen molar-refractivity contribution < 1.29 is 0 Å². The molecule has 6 heteroatoms. The Kier molecular flexibility index (Phi) is 3.61. The van der Waals surface area contributed by atoms with Crippen molar-refractivity contribution in [2.45, 2.75) is 51.9 Å². The van der Waals surface area contributed by atoms with E-state index in [-0.39, 0.29) is 10.8 Å². The molecular formula is C20H24N6. The number of nitrogens with zero attached hydrogens (tertiary/aromatic N) is 6. The van der Waals surface area contributed by atoms with Gasteiger partial charge in [-0.3, -0.25) is 0 Å². The second-order valence-electron chi connectivity index (χ2n) is 8.56. The molecule has 26 heavy (non-hydrogen) atoms. The van der Waals surface area contributed by atoms with Crippen LogP contribution in [0.15, 0.2) is 42.9 Å². The van der Waals surface area contributed by atoms with Crippen LogP contribution in [0.2, 0.25) is 0 Å². The summed E-state index contributed by atoms with van der Waals surface area (Å²) in [6, 6.07) is 10.4. The fourth-order valence-electron chi connectivity index (χ4n) is 3.10. The number of hydrogen-bond acceptors (Lipinski definition) is 4. The van der Waals surface area contributed by atoms with Crippen molar-refractivity contribution in [1.82, 2.24) is 29.4 Å². The summed E-state index contributed by atoms with van der Waals surface area (Å²) in [5.41, 5.74) is 5.02. The molecule has 0 aliphatic carbocycles. The molecule has 0 fully saturated rings. The van der Waals surface area contributed by atoms with E-state index in [9.17, 15) is 0 Å². The molecule has 4 aromatic heterocycles. The van der Waals surface area contributed by atoms with Gasteiger partial charge in [0.05, 0.1) is 28.1 Å². The number of fused-ring (bicyclic) bond motifs is 2. The van der Waals surface area contributed by atoms with E-state index in [0.29, 0.717) is 0 Å². The van der Waals surface area contributed by atoms with Crippen molar-refractivity contribution >= 4 is 11.0 Å². The highest BCUT2D eigenvalue weighted by atomic mass is 15.4. The molecule has 6 nitrogen and oxygen atoms in total. The summed E-state index contributed by atoms with van der Waals surface area (Å²) in [5.74, 6) is 0. The molecule has 0 atom stereocenters. The van der Waals surface area contributed by atoms with E-state index in [1.54, 1.807) is 17.2 Å². The van der Waals surface area contributed by atoms with Gasteiger partial charge in [0.25, 0.3) is 0 Å². The SMILES string of the molecule is CC(C)(C)c1cc2ccc(CC(C)(C)c3cc4ccncn4n3)nn2n1. The van der Waals surface area contributed by atoms with Crippen molar-refractivity contribution in [3.8, 4) is 0 Å². The summed E-state index contributed by atoms with van der Waals surface area (Å²) in [7, 11) is 0. The summed E-state index contributed by atoms with van der Waals surface area (Å²) in [6.07, 6.45) is 4.30. The Labute approximate surface area is 152 Å². The number of rotatable bonds is 3. The molecule has 134 valence electrons. The fourth-order valence-corrected chi connectivity index (χ4v) is 3.10. The average Bonchev–Trinajstić information content (AvgIpc) is 3.18.